The normalized spacial score (nSPS) is 16.3. The monoisotopic (exact) mass is 343 g/mol. The summed E-state index contributed by atoms with van der Waals surface area (Å²) in [6, 6.07) is 10.6. The zero-order chi connectivity index (χ0) is 15.2. The van der Waals surface area contributed by atoms with Crippen molar-refractivity contribution in [2.24, 2.45) is 5.41 Å². The van der Waals surface area contributed by atoms with E-state index in [1.54, 1.807) is 16.8 Å². The van der Waals surface area contributed by atoms with Crippen LogP contribution in [-0.2, 0) is 0 Å². The minimum atomic E-state index is -0.640. The molecule has 0 N–H and O–H groups in total. The van der Waals surface area contributed by atoms with E-state index in [0.717, 1.165) is 15.7 Å². The molecule has 0 unspecified atom stereocenters. The average Bonchev–Trinajstić information content (AvgIpc) is 2.44. The van der Waals surface area contributed by atoms with Gasteiger partial charge in [-0.15, -0.1) is 0 Å². The maximum absolute atomic E-state index is 12.6. The molecular weight excluding hydrogens is 330 g/mol. The van der Waals surface area contributed by atoms with Gasteiger partial charge in [-0.25, -0.2) is 0 Å². The van der Waals surface area contributed by atoms with Crippen LogP contribution in [0, 0.1) is 5.41 Å². The molecule has 1 aromatic carbocycles. The number of nitrogens with zero attached hydrogens (tertiary/aromatic N) is 1. The van der Waals surface area contributed by atoms with Gasteiger partial charge in [-0.05, 0) is 38.1 Å². The van der Waals surface area contributed by atoms with Crippen LogP contribution in [0.2, 0.25) is 0 Å². The van der Waals surface area contributed by atoms with Crippen LogP contribution in [0.15, 0.2) is 57.9 Å². The SMILES string of the molecule is CC1(C)C=C(n2ccccc2=O)c2ccc(Br)cc2C1=O. The summed E-state index contributed by atoms with van der Waals surface area (Å²) in [6.07, 6.45) is 3.60. The van der Waals surface area contributed by atoms with Gasteiger partial charge < -0.3 is 0 Å². The Labute approximate surface area is 131 Å². The van der Waals surface area contributed by atoms with Crippen LogP contribution in [0.5, 0.6) is 0 Å². The summed E-state index contributed by atoms with van der Waals surface area (Å²) < 4.78 is 2.44. The van der Waals surface area contributed by atoms with E-state index in [9.17, 15) is 9.59 Å². The molecule has 106 valence electrons. The van der Waals surface area contributed by atoms with E-state index in [-0.39, 0.29) is 11.3 Å². The fourth-order valence-corrected chi connectivity index (χ4v) is 2.95. The molecule has 3 nitrogen and oxygen atoms in total. The van der Waals surface area contributed by atoms with Crippen molar-refractivity contribution in [3.8, 4) is 0 Å². The highest BCUT2D eigenvalue weighted by molar-refractivity contribution is 9.10. The molecule has 0 radical (unpaired) electrons. The molecule has 0 saturated heterocycles. The Morgan fingerprint density at radius 1 is 1.05 bits per heavy atom. The van der Waals surface area contributed by atoms with Crippen molar-refractivity contribution in [1.29, 1.82) is 0 Å². The van der Waals surface area contributed by atoms with E-state index >= 15 is 0 Å². The van der Waals surface area contributed by atoms with E-state index in [0.29, 0.717) is 5.56 Å². The van der Waals surface area contributed by atoms with Crippen LogP contribution in [0.1, 0.15) is 29.8 Å². The zero-order valence-corrected chi connectivity index (χ0v) is 13.3. The average molecular weight is 344 g/mol. The molecule has 1 heterocycles. The van der Waals surface area contributed by atoms with Gasteiger partial charge in [0.2, 0.25) is 0 Å². The number of carbonyl (C=O) groups excluding carboxylic acids is 1. The number of halogens is 1. The largest absolute Gasteiger partial charge is 0.293 e. The number of Topliss-reactive ketones (excluding diaryl/α,β-unsaturated/α-hetero) is 1. The van der Waals surface area contributed by atoms with Crippen LogP contribution in [0.3, 0.4) is 0 Å². The lowest BCUT2D eigenvalue weighted by molar-refractivity contribution is 0.0882. The van der Waals surface area contributed by atoms with E-state index in [4.69, 9.17) is 0 Å². The first-order valence-electron chi connectivity index (χ1n) is 6.66. The number of hydrogen-bond donors (Lipinski definition) is 0. The van der Waals surface area contributed by atoms with Crippen molar-refractivity contribution >= 4 is 27.4 Å². The molecule has 0 saturated carbocycles. The molecule has 1 aromatic heterocycles. The van der Waals surface area contributed by atoms with Crippen molar-refractivity contribution < 1.29 is 4.79 Å². The van der Waals surface area contributed by atoms with E-state index < -0.39 is 5.41 Å². The summed E-state index contributed by atoms with van der Waals surface area (Å²) in [4.78, 5) is 24.7. The number of rotatable bonds is 1. The van der Waals surface area contributed by atoms with E-state index in [1.165, 1.54) is 6.07 Å². The molecule has 0 bridgehead atoms. The summed E-state index contributed by atoms with van der Waals surface area (Å²) in [7, 11) is 0. The first kappa shape index (κ1) is 14.0. The Kier molecular flexibility index (Phi) is 3.21. The molecule has 4 heteroatoms. The number of fused-ring (bicyclic) bond motifs is 1. The third kappa shape index (κ3) is 2.29. The molecule has 0 aliphatic heterocycles. The minimum absolute atomic E-state index is 0.0616. The lowest BCUT2D eigenvalue weighted by Crippen LogP contribution is -2.30. The highest BCUT2D eigenvalue weighted by atomic mass is 79.9. The van der Waals surface area contributed by atoms with Crippen LogP contribution in [0.25, 0.3) is 5.70 Å². The Hall–Kier alpha value is -1.94. The predicted molar refractivity (Wildman–Crippen MR) is 86.3 cm³/mol. The molecule has 21 heavy (non-hydrogen) atoms. The van der Waals surface area contributed by atoms with Crippen LogP contribution < -0.4 is 5.56 Å². The molecule has 0 amide bonds. The highest BCUT2D eigenvalue weighted by Crippen LogP contribution is 2.37. The number of allylic oxidation sites excluding steroid dienone is 1. The molecular formula is C17H14BrNO2. The zero-order valence-electron chi connectivity index (χ0n) is 11.8. The molecule has 0 atom stereocenters. The van der Waals surface area contributed by atoms with Gasteiger partial charge in [-0.1, -0.05) is 28.1 Å². The maximum atomic E-state index is 12.6. The summed E-state index contributed by atoms with van der Waals surface area (Å²) in [5.41, 5.74) is 1.44. The van der Waals surface area contributed by atoms with Gasteiger partial charge >= 0.3 is 0 Å². The minimum Gasteiger partial charge on any atom is -0.293 e. The fraction of sp³-hybridized carbons (Fsp3) is 0.176. The topological polar surface area (TPSA) is 39.1 Å². The number of ketones is 1. The van der Waals surface area contributed by atoms with Gasteiger partial charge in [0.15, 0.2) is 5.78 Å². The third-order valence-electron chi connectivity index (χ3n) is 3.67. The van der Waals surface area contributed by atoms with Crippen molar-refractivity contribution in [1.82, 2.24) is 4.57 Å². The van der Waals surface area contributed by atoms with Gasteiger partial charge in [-0.2, -0.15) is 0 Å². The van der Waals surface area contributed by atoms with Crippen molar-refractivity contribution in [3.05, 3.63) is 74.6 Å². The molecule has 3 rings (SSSR count). The van der Waals surface area contributed by atoms with Crippen molar-refractivity contribution in [3.63, 3.8) is 0 Å². The van der Waals surface area contributed by atoms with Gasteiger partial charge in [0, 0.05) is 33.3 Å². The number of hydrogen-bond acceptors (Lipinski definition) is 2. The Bertz CT molecular complexity index is 831. The van der Waals surface area contributed by atoms with Gasteiger partial charge in [0.1, 0.15) is 0 Å². The summed E-state index contributed by atoms with van der Waals surface area (Å²) in [6.45, 7) is 3.74. The quantitative estimate of drug-likeness (QED) is 0.791. The molecule has 1 aliphatic rings. The first-order valence-corrected chi connectivity index (χ1v) is 7.45. The first-order chi connectivity index (χ1) is 9.90. The number of aromatic nitrogens is 1. The van der Waals surface area contributed by atoms with Crippen molar-refractivity contribution in [2.75, 3.05) is 0 Å². The number of carbonyl (C=O) groups is 1. The van der Waals surface area contributed by atoms with Crippen molar-refractivity contribution in [2.45, 2.75) is 13.8 Å². The number of pyridine rings is 1. The van der Waals surface area contributed by atoms with Gasteiger partial charge in [0.05, 0.1) is 5.70 Å². The van der Waals surface area contributed by atoms with E-state index in [1.807, 2.05) is 44.2 Å². The standard InChI is InChI=1S/C17H14BrNO2/c1-17(2)10-14(19-8-4-3-5-15(19)20)12-7-6-11(18)9-13(12)16(17)21/h3-10H,1-2H3. The summed E-state index contributed by atoms with van der Waals surface area (Å²) in [5.74, 6) is 0.0616. The molecule has 2 aromatic rings. The lowest BCUT2D eigenvalue weighted by Gasteiger charge is -2.29. The second kappa shape index (κ2) is 4.81. The van der Waals surface area contributed by atoms with E-state index in [2.05, 4.69) is 15.9 Å². The Balaban J connectivity index is 2.33. The molecule has 0 spiro atoms. The smallest absolute Gasteiger partial charge is 0.255 e. The van der Waals surface area contributed by atoms with Crippen LogP contribution in [0.4, 0.5) is 0 Å². The van der Waals surface area contributed by atoms with Crippen LogP contribution in [-0.4, -0.2) is 10.4 Å². The molecule has 0 fully saturated rings. The van der Waals surface area contributed by atoms with Crippen LogP contribution >= 0.6 is 15.9 Å². The third-order valence-corrected chi connectivity index (χ3v) is 4.16. The van der Waals surface area contributed by atoms with Gasteiger partial charge in [0.25, 0.3) is 5.56 Å². The fourth-order valence-electron chi connectivity index (χ4n) is 2.59. The second-order valence-corrected chi connectivity index (χ2v) is 6.59. The predicted octanol–water partition coefficient (Wildman–Crippen LogP) is 3.72. The Morgan fingerprint density at radius 3 is 2.52 bits per heavy atom. The van der Waals surface area contributed by atoms with Gasteiger partial charge in [-0.3, -0.25) is 14.2 Å². The molecule has 1 aliphatic carbocycles. The second-order valence-electron chi connectivity index (χ2n) is 5.68. The summed E-state index contributed by atoms with van der Waals surface area (Å²) >= 11 is 3.41. The Morgan fingerprint density at radius 2 is 1.81 bits per heavy atom. The lowest BCUT2D eigenvalue weighted by atomic mass is 9.77. The highest BCUT2D eigenvalue weighted by Gasteiger charge is 2.34. The maximum Gasteiger partial charge on any atom is 0.255 e. The summed E-state index contributed by atoms with van der Waals surface area (Å²) in [5, 5.41) is 0. The number of benzene rings is 1.